The van der Waals surface area contributed by atoms with Gasteiger partial charge in [0.15, 0.2) is 0 Å². The molecule has 2 aromatic rings. The second-order valence-corrected chi connectivity index (χ2v) is 5.35. The van der Waals surface area contributed by atoms with Crippen molar-refractivity contribution in [3.63, 3.8) is 0 Å². The summed E-state index contributed by atoms with van der Waals surface area (Å²) in [7, 11) is 0. The number of hydrogen-bond acceptors (Lipinski definition) is 3. The SMILES string of the molecule is CCCNCc1oc(CN(CC)c2ccccc2)cc1C. The van der Waals surface area contributed by atoms with Gasteiger partial charge in [0.1, 0.15) is 11.5 Å². The van der Waals surface area contributed by atoms with Crippen LogP contribution in [0.5, 0.6) is 0 Å². The van der Waals surface area contributed by atoms with Crippen molar-refractivity contribution in [3.8, 4) is 0 Å². The molecule has 21 heavy (non-hydrogen) atoms. The number of nitrogens with one attached hydrogen (secondary N) is 1. The molecule has 3 nitrogen and oxygen atoms in total. The number of furan rings is 1. The molecule has 0 aliphatic heterocycles. The molecule has 0 amide bonds. The van der Waals surface area contributed by atoms with Gasteiger partial charge < -0.3 is 14.6 Å². The molecule has 0 aliphatic carbocycles. The van der Waals surface area contributed by atoms with Crippen LogP contribution in [-0.2, 0) is 13.1 Å². The molecule has 0 radical (unpaired) electrons. The summed E-state index contributed by atoms with van der Waals surface area (Å²) in [5, 5.41) is 3.40. The van der Waals surface area contributed by atoms with Gasteiger partial charge in [0.25, 0.3) is 0 Å². The van der Waals surface area contributed by atoms with Crippen molar-refractivity contribution in [1.29, 1.82) is 0 Å². The largest absolute Gasteiger partial charge is 0.463 e. The van der Waals surface area contributed by atoms with Crippen LogP contribution in [0.25, 0.3) is 0 Å². The number of hydrogen-bond donors (Lipinski definition) is 1. The highest BCUT2D eigenvalue weighted by Gasteiger charge is 2.11. The number of para-hydroxylation sites is 1. The van der Waals surface area contributed by atoms with E-state index in [9.17, 15) is 0 Å². The minimum atomic E-state index is 0.815. The van der Waals surface area contributed by atoms with Crippen LogP contribution in [-0.4, -0.2) is 13.1 Å². The highest BCUT2D eigenvalue weighted by atomic mass is 16.3. The summed E-state index contributed by atoms with van der Waals surface area (Å²) in [6.45, 7) is 10.1. The van der Waals surface area contributed by atoms with E-state index in [-0.39, 0.29) is 0 Å². The van der Waals surface area contributed by atoms with Crippen molar-refractivity contribution in [3.05, 3.63) is 53.5 Å². The fourth-order valence-electron chi connectivity index (χ4n) is 2.43. The Hall–Kier alpha value is -1.74. The van der Waals surface area contributed by atoms with Gasteiger partial charge in [-0.1, -0.05) is 25.1 Å². The third kappa shape index (κ3) is 4.36. The van der Waals surface area contributed by atoms with Gasteiger partial charge in [-0.3, -0.25) is 0 Å². The standard InChI is InChI=1S/C18H26N2O/c1-4-11-19-13-18-15(3)12-17(21-18)14-20(5-2)16-9-7-6-8-10-16/h6-10,12,19H,4-5,11,13-14H2,1-3H3. The molecule has 1 N–H and O–H groups in total. The summed E-state index contributed by atoms with van der Waals surface area (Å²) >= 11 is 0. The molecule has 0 saturated heterocycles. The zero-order valence-corrected chi connectivity index (χ0v) is 13.4. The maximum atomic E-state index is 6.01. The van der Waals surface area contributed by atoms with E-state index in [1.54, 1.807) is 0 Å². The Morgan fingerprint density at radius 2 is 1.90 bits per heavy atom. The molecule has 0 bridgehead atoms. The molecule has 114 valence electrons. The summed E-state index contributed by atoms with van der Waals surface area (Å²) in [5.41, 5.74) is 2.47. The van der Waals surface area contributed by atoms with Gasteiger partial charge in [-0.2, -0.15) is 0 Å². The number of rotatable bonds is 8. The van der Waals surface area contributed by atoms with Gasteiger partial charge in [0.05, 0.1) is 13.1 Å². The number of aryl methyl sites for hydroxylation is 1. The maximum absolute atomic E-state index is 6.01. The highest BCUT2D eigenvalue weighted by molar-refractivity contribution is 5.46. The Morgan fingerprint density at radius 3 is 2.57 bits per heavy atom. The van der Waals surface area contributed by atoms with E-state index in [0.717, 1.165) is 44.1 Å². The summed E-state index contributed by atoms with van der Waals surface area (Å²) in [6, 6.07) is 12.6. The van der Waals surface area contributed by atoms with E-state index in [4.69, 9.17) is 4.42 Å². The van der Waals surface area contributed by atoms with E-state index in [1.165, 1.54) is 11.3 Å². The quantitative estimate of drug-likeness (QED) is 0.740. The first-order chi connectivity index (χ1) is 10.2. The molecule has 0 saturated carbocycles. The smallest absolute Gasteiger partial charge is 0.123 e. The minimum Gasteiger partial charge on any atom is -0.463 e. The van der Waals surface area contributed by atoms with Gasteiger partial charge >= 0.3 is 0 Å². The van der Waals surface area contributed by atoms with Crippen LogP contribution in [0.4, 0.5) is 5.69 Å². The summed E-state index contributed by atoms with van der Waals surface area (Å²) < 4.78 is 6.01. The van der Waals surface area contributed by atoms with Crippen molar-refractivity contribution >= 4 is 5.69 Å². The van der Waals surface area contributed by atoms with E-state index in [0.29, 0.717) is 0 Å². The first-order valence-corrected chi connectivity index (χ1v) is 7.83. The van der Waals surface area contributed by atoms with E-state index in [1.807, 2.05) is 6.07 Å². The Balaban J connectivity index is 2.03. The molecule has 0 aliphatic rings. The monoisotopic (exact) mass is 286 g/mol. The Labute approximate surface area is 128 Å². The van der Waals surface area contributed by atoms with Gasteiger partial charge in [-0.25, -0.2) is 0 Å². The summed E-state index contributed by atoms with van der Waals surface area (Å²) in [6.07, 6.45) is 1.14. The van der Waals surface area contributed by atoms with E-state index < -0.39 is 0 Å². The molecular weight excluding hydrogens is 260 g/mol. The number of anilines is 1. The van der Waals surface area contributed by atoms with Gasteiger partial charge in [0, 0.05) is 12.2 Å². The maximum Gasteiger partial charge on any atom is 0.123 e. The predicted molar refractivity (Wildman–Crippen MR) is 88.6 cm³/mol. The topological polar surface area (TPSA) is 28.4 Å². The zero-order chi connectivity index (χ0) is 15.1. The average Bonchev–Trinajstić information content (AvgIpc) is 2.86. The summed E-state index contributed by atoms with van der Waals surface area (Å²) in [5.74, 6) is 2.09. The fraction of sp³-hybridized carbons (Fsp3) is 0.444. The molecule has 0 unspecified atom stereocenters. The molecule has 3 heteroatoms. The van der Waals surface area contributed by atoms with Crippen LogP contribution in [0.15, 0.2) is 40.8 Å². The van der Waals surface area contributed by atoms with Crippen LogP contribution in [0.3, 0.4) is 0 Å². The van der Waals surface area contributed by atoms with Crippen molar-refractivity contribution < 1.29 is 4.42 Å². The van der Waals surface area contributed by atoms with E-state index in [2.05, 4.69) is 61.3 Å². The molecule has 2 rings (SSSR count). The van der Waals surface area contributed by atoms with Crippen LogP contribution < -0.4 is 10.2 Å². The minimum absolute atomic E-state index is 0.815. The first kappa shape index (κ1) is 15.6. The molecule has 1 heterocycles. The van der Waals surface area contributed by atoms with Crippen LogP contribution >= 0.6 is 0 Å². The average molecular weight is 286 g/mol. The second kappa shape index (κ2) is 7.89. The Kier molecular flexibility index (Phi) is 5.88. The van der Waals surface area contributed by atoms with Crippen LogP contribution in [0.1, 0.15) is 37.4 Å². The second-order valence-electron chi connectivity index (χ2n) is 5.35. The van der Waals surface area contributed by atoms with E-state index >= 15 is 0 Å². The molecule has 1 aromatic heterocycles. The van der Waals surface area contributed by atoms with Gasteiger partial charge in [0.2, 0.25) is 0 Å². The predicted octanol–water partition coefficient (Wildman–Crippen LogP) is 4.11. The van der Waals surface area contributed by atoms with Crippen molar-refractivity contribution in [2.45, 2.75) is 40.3 Å². The summed E-state index contributed by atoms with van der Waals surface area (Å²) in [4.78, 5) is 2.32. The lowest BCUT2D eigenvalue weighted by atomic mass is 10.2. The zero-order valence-electron chi connectivity index (χ0n) is 13.4. The normalized spacial score (nSPS) is 10.8. The van der Waals surface area contributed by atoms with Gasteiger partial charge in [-0.15, -0.1) is 0 Å². The van der Waals surface area contributed by atoms with Crippen LogP contribution in [0, 0.1) is 6.92 Å². The lowest BCUT2D eigenvalue weighted by Crippen LogP contribution is -2.21. The highest BCUT2D eigenvalue weighted by Crippen LogP contribution is 2.20. The lowest BCUT2D eigenvalue weighted by molar-refractivity contribution is 0.442. The lowest BCUT2D eigenvalue weighted by Gasteiger charge is -2.21. The first-order valence-electron chi connectivity index (χ1n) is 7.83. The van der Waals surface area contributed by atoms with Crippen molar-refractivity contribution in [2.75, 3.05) is 18.0 Å². The number of nitrogens with zero attached hydrogens (tertiary/aromatic N) is 1. The Morgan fingerprint density at radius 1 is 1.14 bits per heavy atom. The fourth-order valence-corrected chi connectivity index (χ4v) is 2.43. The number of benzene rings is 1. The van der Waals surface area contributed by atoms with Crippen LogP contribution in [0.2, 0.25) is 0 Å². The van der Waals surface area contributed by atoms with Crippen molar-refractivity contribution in [2.24, 2.45) is 0 Å². The molecule has 0 spiro atoms. The molecule has 1 aromatic carbocycles. The third-order valence-electron chi connectivity index (χ3n) is 3.63. The molecule has 0 fully saturated rings. The molecular formula is C18H26N2O. The van der Waals surface area contributed by atoms with Gasteiger partial charge in [-0.05, 0) is 50.6 Å². The molecule has 0 atom stereocenters. The third-order valence-corrected chi connectivity index (χ3v) is 3.63. The van der Waals surface area contributed by atoms with Crippen molar-refractivity contribution in [1.82, 2.24) is 5.32 Å². The Bertz CT molecular complexity index is 533.